The molecular weight excluding hydrogens is 568 g/mol. The van der Waals surface area contributed by atoms with E-state index in [1.807, 2.05) is 34.6 Å². The minimum atomic E-state index is -0.746. The second-order valence-corrected chi connectivity index (χ2v) is 14.2. The molecule has 0 aromatic carbocycles. The third-order valence-electron chi connectivity index (χ3n) is 7.42. The van der Waals surface area contributed by atoms with E-state index in [9.17, 15) is 28.8 Å². The topological polar surface area (TPSA) is 174 Å². The number of hydrogen-bond acceptors (Lipinski definition) is 8. The van der Waals surface area contributed by atoms with E-state index in [2.05, 4.69) is 10.6 Å². The van der Waals surface area contributed by atoms with Gasteiger partial charge in [0.05, 0.1) is 39.0 Å². The van der Waals surface area contributed by atoms with Gasteiger partial charge in [0.1, 0.15) is 5.78 Å². The lowest BCUT2D eigenvalue weighted by molar-refractivity contribution is -0.140. The Labute approximate surface area is 262 Å². The lowest BCUT2D eigenvalue weighted by Crippen LogP contribution is -2.46. The van der Waals surface area contributed by atoms with Gasteiger partial charge in [-0.05, 0) is 30.6 Å². The van der Waals surface area contributed by atoms with Crippen LogP contribution in [0.2, 0.25) is 0 Å². The molecule has 12 heteroatoms. The highest BCUT2D eigenvalue weighted by Crippen LogP contribution is 2.32. The van der Waals surface area contributed by atoms with E-state index in [0.717, 1.165) is 0 Å². The zero-order valence-electron chi connectivity index (χ0n) is 28.1. The van der Waals surface area contributed by atoms with Crippen LogP contribution in [-0.4, -0.2) is 85.8 Å². The Morgan fingerprint density at radius 3 is 2.14 bits per heavy atom. The average molecular weight is 625 g/mol. The molecule has 0 aromatic heterocycles. The molecule has 252 valence electrons. The fraction of sp³-hybridized carbons (Fsp3) is 0.812. The van der Waals surface area contributed by atoms with Gasteiger partial charge in [-0.15, -0.1) is 0 Å². The number of ketones is 2. The predicted molar refractivity (Wildman–Crippen MR) is 166 cm³/mol. The van der Waals surface area contributed by atoms with Crippen molar-refractivity contribution in [2.75, 3.05) is 39.5 Å². The van der Waals surface area contributed by atoms with E-state index < -0.39 is 23.4 Å². The Hall–Kier alpha value is -2.86. The molecule has 1 fully saturated rings. The van der Waals surface area contributed by atoms with Crippen LogP contribution in [0.3, 0.4) is 0 Å². The van der Waals surface area contributed by atoms with Crippen LogP contribution in [0.15, 0.2) is 0 Å². The minimum Gasteiger partial charge on any atom is -0.379 e. The van der Waals surface area contributed by atoms with Crippen LogP contribution >= 0.6 is 0 Å². The smallest absolute Gasteiger partial charge is 0.312 e. The maximum atomic E-state index is 13.2. The Morgan fingerprint density at radius 2 is 1.59 bits per heavy atom. The molecule has 0 bridgehead atoms. The summed E-state index contributed by atoms with van der Waals surface area (Å²) in [6, 6.07) is -1.39. The molecule has 3 atom stereocenters. The first-order valence-corrected chi connectivity index (χ1v) is 15.7. The number of urea groups is 1. The number of amides is 5. The van der Waals surface area contributed by atoms with Crippen LogP contribution in [0.25, 0.3) is 0 Å². The van der Waals surface area contributed by atoms with Crippen LogP contribution in [0.5, 0.6) is 0 Å². The molecule has 0 aromatic rings. The molecule has 44 heavy (non-hydrogen) atoms. The average Bonchev–Trinajstić information content (AvgIpc) is 3.14. The normalized spacial score (nSPS) is 17.1. The number of nitrogens with one attached hydrogen (secondary N) is 2. The van der Waals surface area contributed by atoms with E-state index in [4.69, 9.17) is 15.2 Å². The third kappa shape index (κ3) is 14.7. The zero-order valence-corrected chi connectivity index (χ0v) is 28.1. The Bertz CT molecular complexity index is 999. The lowest BCUT2D eigenvalue weighted by Gasteiger charge is -2.27. The molecule has 1 heterocycles. The van der Waals surface area contributed by atoms with Crippen molar-refractivity contribution in [3.8, 4) is 0 Å². The van der Waals surface area contributed by atoms with Crippen LogP contribution in [0, 0.1) is 28.6 Å². The first-order valence-electron chi connectivity index (χ1n) is 15.7. The van der Waals surface area contributed by atoms with Crippen molar-refractivity contribution in [2.24, 2.45) is 34.3 Å². The lowest BCUT2D eigenvalue weighted by atomic mass is 9.78. The second-order valence-electron chi connectivity index (χ2n) is 14.2. The molecule has 4 N–H and O–H groups in total. The summed E-state index contributed by atoms with van der Waals surface area (Å²) in [6.07, 6.45) is 1.86. The number of ether oxygens (including phenoxy) is 2. The maximum absolute atomic E-state index is 13.2. The quantitative estimate of drug-likeness (QED) is 0.137. The Morgan fingerprint density at radius 1 is 0.977 bits per heavy atom. The van der Waals surface area contributed by atoms with Crippen LogP contribution in [0.1, 0.15) is 93.9 Å². The predicted octanol–water partition coefficient (Wildman–Crippen LogP) is 3.00. The molecule has 1 aliphatic rings. The molecule has 0 aliphatic carbocycles. The van der Waals surface area contributed by atoms with E-state index in [-0.39, 0.29) is 98.8 Å². The number of hydrogen-bond donors (Lipinski definition) is 3. The van der Waals surface area contributed by atoms with Gasteiger partial charge < -0.3 is 25.8 Å². The van der Waals surface area contributed by atoms with Crippen molar-refractivity contribution >= 4 is 35.3 Å². The summed E-state index contributed by atoms with van der Waals surface area (Å²) in [6.45, 7) is 16.6. The number of carbonyl (C=O) groups excluding carboxylic acids is 6. The molecule has 1 unspecified atom stereocenters. The molecule has 1 aliphatic heterocycles. The summed E-state index contributed by atoms with van der Waals surface area (Å²) in [5, 5.41) is 5.29. The van der Waals surface area contributed by atoms with Crippen molar-refractivity contribution in [3.05, 3.63) is 0 Å². The fourth-order valence-corrected chi connectivity index (χ4v) is 5.26. The molecule has 0 saturated carbocycles. The third-order valence-corrected chi connectivity index (χ3v) is 7.42. The van der Waals surface area contributed by atoms with Crippen molar-refractivity contribution < 1.29 is 38.2 Å². The van der Waals surface area contributed by atoms with Crippen LogP contribution < -0.4 is 16.4 Å². The largest absolute Gasteiger partial charge is 0.379 e. The van der Waals surface area contributed by atoms with Crippen molar-refractivity contribution in [3.63, 3.8) is 0 Å². The first kappa shape index (κ1) is 39.2. The summed E-state index contributed by atoms with van der Waals surface area (Å²) in [5.74, 6) is -1.88. The minimum absolute atomic E-state index is 0.00446. The number of primary amides is 1. The van der Waals surface area contributed by atoms with Gasteiger partial charge in [-0.25, -0.2) is 4.79 Å². The van der Waals surface area contributed by atoms with Crippen molar-refractivity contribution in [1.82, 2.24) is 15.5 Å². The Kier molecular flexibility index (Phi) is 16.2. The number of imide groups is 1. The van der Waals surface area contributed by atoms with Gasteiger partial charge >= 0.3 is 6.03 Å². The first-order chi connectivity index (χ1) is 20.3. The van der Waals surface area contributed by atoms with Gasteiger partial charge in [0.25, 0.3) is 0 Å². The van der Waals surface area contributed by atoms with E-state index >= 15 is 0 Å². The number of Topliss-reactive ketones (excluding diaryl/α,β-unsaturated/α-hetero) is 2. The van der Waals surface area contributed by atoms with Gasteiger partial charge in [-0.1, -0.05) is 55.4 Å². The SMILES string of the molecule is CC(C)[C@H](NC(=O)CCOCCOCCN1C(=O)CC(CC(C)(C)C)C1=O)C(=O)C[C@@H](CCCNC(N)=O)C(=O)C(C)(C)C. The maximum Gasteiger partial charge on any atom is 0.312 e. The summed E-state index contributed by atoms with van der Waals surface area (Å²) in [5.41, 5.74) is 4.43. The fourth-order valence-electron chi connectivity index (χ4n) is 5.26. The standard InChI is InChI=1S/C32H56N4O8/c1-21(2)27(24(37)18-22(28(40)32(6,7)8)10-9-12-34-30(33)42)35-25(38)11-14-43-16-17-44-15-13-36-26(39)19-23(29(36)41)20-31(3,4)5/h21-23,27H,9-20H2,1-8H3,(H,35,38)(H3,33,34,42)/t22-,23?,27+/m1/s1. The Balaban J connectivity index is 2.43. The summed E-state index contributed by atoms with van der Waals surface area (Å²) in [7, 11) is 0. The number of carbonyl (C=O) groups is 6. The zero-order chi connectivity index (χ0) is 33.7. The summed E-state index contributed by atoms with van der Waals surface area (Å²) >= 11 is 0. The number of nitrogens with two attached hydrogens (primary N) is 1. The van der Waals surface area contributed by atoms with Gasteiger partial charge in [0.15, 0.2) is 5.78 Å². The van der Waals surface area contributed by atoms with Gasteiger partial charge in [-0.3, -0.25) is 28.9 Å². The molecule has 0 spiro atoms. The summed E-state index contributed by atoms with van der Waals surface area (Å²) < 4.78 is 11.0. The molecular formula is C32H56N4O8. The highest BCUT2D eigenvalue weighted by molar-refractivity contribution is 6.03. The van der Waals surface area contributed by atoms with Gasteiger partial charge in [0.2, 0.25) is 17.7 Å². The molecule has 1 rings (SSSR count). The van der Waals surface area contributed by atoms with E-state index in [1.165, 1.54) is 4.90 Å². The molecule has 5 amide bonds. The number of nitrogens with zero attached hydrogens (tertiary/aromatic N) is 1. The van der Waals surface area contributed by atoms with Crippen molar-refractivity contribution in [2.45, 2.75) is 100.0 Å². The van der Waals surface area contributed by atoms with Gasteiger partial charge in [0, 0.05) is 43.1 Å². The second kappa shape index (κ2) is 18.2. The van der Waals surface area contributed by atoms with Crippen LogP contribution in [0.4, 0.5) is 4.79 Å². The van der Waals surface area contributed by atoms with E-state index in [0.29, 0.717) is 25.8 Å². The van der Waals surface area contributed by atoms with Crippen molar-refractivity contribution in [1.29, 1.82) is 0 Å². The summed E-state index contributed by atoms with van der Waals surface area (Å²) in [4.78, 5) is 75.9. The highest BCUT2D eigenvalue weighted by atomic mass is 16.5. The molecule has 12 nitrogen and oxygen atoms in total. The van der Waals surface area contributed by atoms with Gasteiger partial charge in [-0.2, -0.15) is 0 Å². The molecule has 1 saturated heterocycles. The number of likely N-dealkylation sites (tertiary alicyclic amines) is 1. The number of rotatable bonds is 20. The highest BCUT2D eigenvalue weighted by Gasteiger charge is 2.40. The van der Waals surface area contributed by atoms with E-state index in [1.54, 1.807) is 20.8 Å². The monoisotopic (exact) mass is 624 g/mol. The van der Waals surface area contributed by atoms with Crippen LogP contribution in [-0.2, 0) is 33.4 Å². The molecule has 0 radical (unpaired) electrons.